The van der Waals surface area contributed by atoms with Gasteiger partial charge < -0.3 is 10.4 Å². The minimum absolute atomic E-state index is 0. The fourth-order valence-corrected chi connectivity index (χ4v) is 3.31. The molecule has 0 aliphatic rings. The third kappa shape index (κ3) is 6.32. The van der Waals surface area contributed by atoms with Crippen molar-refractivity contribution in [3.63, 3.8) is 0 Å². The Morgan fingerprint density at radius 1 is 0.739 bits per heavy atom. The molecular formula is C21H33NO. The Kier molecular flexibility index (Phi) is 9.58. The molecule has 0 amide bonds. The summed E-state index contributed by atoms with van der Waals surface area (Å²) in [7, 11) is 0. The Hall–Kier alpha value is -1.38. The summed E-state index contributed by atoms with van der Waals surface area (Å²) in [6, 6.07) is 15.5. The molecule has 0 bridgehead atoms. The van der Waals surface area contributed by atoms with E-state index < -0.39 is 0 Å². The van der Waals surface area contributed by atoms with Crippen molar-refractivity contribution >= 4 is 10.8 Å². The third-order valence-electron chi connectivity index (χ3n) is 4.38. The van der Waals surface area contributed by atoms with Gasteiger partial charge in [0, 0.05) is 0 Å². The molecule has 0 fully saturated rings. The van der Waals surface area contributed by atoms with Gasteiger partial charge in [-0.1, -0.05) is 62.7 Å². The molecular weight excluding hydrogens is 282 g/mol. The van der Waals surface area contributed by atoms with Crippen LogP contribution in [0.5, 0.6) is 0 Å². The molecule has 0 aliphatic heterocycles. The van der Waals surface area contributed by atoms with Crippen LogP contribution in [0.3, 0.4) is 0 Å². The molecule has 2 N–H and O–H groups in total. The van der Waals surface area contributed by atoms with Crippen molar-refractivity contribution in [1.82, 2.24) is 4.90 Å². The van der Waals surface area contributed by atoms with Gasteiger partial charge in [0.1, 0.15) is 0 Å². The van der Waals surface area contributed by atoms with E-state index in [4.69, 9.17) is 0 Å². The summed E-state index contributed by atoms with van der Waals surface area (Å²) >= 11 is 0. The first-order valence-electron chi connectivity index (χ1n) is 9.04. The van der Waals surface area contributed by atoms with E-state index in [1.165, 1.54) is 74.5 Å². The molecule has 0 heterocycles. The Labute approximate surface area is 141 Å². The molecule has 2 nitrogen and oxygen atoms in total. The maximum Gasteiger partial charge on any atom is -0.00187 e. The van der Waals surface area contributed by atoms with Gasteiger partial charge in [0.25, 0.3) is 0 Å². The van der Waals surface area contributed by atoms with Gasteiger partial charge in [-0.3, -0.25) is 0 Å². The van der Waals surface area contributed by atoms with E-state index in [1.54, 1.807) is 0 Å². The maximum absolute atomic E-state index is 2.62. The van der Waals surface area contributed by atoms with E-state index in [0.29, 0.717) is 0 Å². The maximum atomic E-state index is 2.62. The average Bonchev–Trinajstić information content (AvgIpc) is 2.55. The Morgan fingerprint density at radius 3 is 2.17 bits per heavy atom. The second kappa shape index (κ2) is 11.2. The Bertz CT molecular complexity index is 541. The normalized spacial score (nSPS) is 10.9. The summed E-state index contributed by atoms with van der Waals surface area (Å²) in [6.07, 6.45) is 7.74. The summed E-state index contributed by atoms with van der Waals surface area (Å²) < 4.78 is 0. The standard InChI is InChI=1S/C21H31N.H2O/c1-3-16-22(17-4-2)18-9-5-6-11-19-13-10-14-20-12-7-8-15-21(19)20;/h7-8,10,12-15H,3-6,9,11,16-18H2,1-2H3;1H2. The van der Waals surface area contributed by atoms with E-state index in [0.717, 1.165) is 0 Å². The van der Waals surface area contributed by atoms with Crippen LogP contribution < -0.4 is 0 Å². The number of nitrogens with zero attached hydrogens (tertiary/aromatic N) is 1. The SMILES string of the molecule is CCCN(CCC)CCCCCc1cccc2ccccc12.O. The molecule has 2 rings (SSSR count). The van der Waals surface area contributed by atoms with Crippen LogP contribution in [-0.2, 0) is 6.42 Å². The smallest absolute Gasteiger partial charge is 0.00187 e. The molecule has 0 aromatic heterocycles. The largest absolute Gasteiger partial charge is 0.412 e. The lowest BCUT2D eigenvalue weighted by Gasteiger charge is -2.20. The minimum atomic E-state index is 0. The first kappa shape index (κ1) is 19.7. The monoisotopic (exact) mass is 315 g/mol. The van der Waals surface area contributed by atoms with Crippen molar-refractivity contribution in [2.24, 2.45) is 0 Å². The second-order valence-corrected chi connectivity index (χ2v) is 6.29. The zero-order valence-electron chi connectivity index (χ0n) is 14.9. The number of fused-ring (bicyclic) bond motifs is 1. The molecule has 0 saturated carbocycles. The highest BCUT2D eigenvalue weighted by molar-refractivity contribution is 5.85. The summed E-state index contributed by atoms with van der Waals surface area (Å²) in [4.78, 5) is 2.62. The van der Waals surface area contributed by atoms with Gasteiger partial charge in [-0.05, 0) is 68.1 Å². The van der Waals surface area contributed by atoms with Gasteiger partial charge in [0.2, 0.25) is 0 Å². The van der Waals surface area contributed by atoms with Crippen molar-refractivity contribution in [1.29, 1.82) is 0 Å². The molecule has 0 unspecified atom stereocenters. The van der Waals surface area contributed by atoms with Crippen molar-refractivity contribution in [3.05, 3.63) is 48.0 Å². The van der Waals surface area contributed by atoms with Crippen LogP contribution in [0.25, 0.3) is 10.8 Å². The lowest BCUT2D eigenvalue weighted by Crippen LogP contribution is -2.26. The molecule has 128 valence electrons. The highest BCUT2D eigenvalue weighted by Crippen LogP contribution is 2.20. The van der Waals surface area contributed by atoms with Crippen LogP contribution in [0.1, 0.15) is 51.5 Å². The minimum Gasteiger partial charge on any atom is -0.412 e. The number of benzene rings is 2. The van der Waals surface area contributed by atoms with E-state index in [9.17, 15) is 0 Å². The number of hydrogen-bond acceptors (Lipinski definition) is 1. The van der Waals surface area contributed by atoms with Crippen LogP contribution in [0.2, 0.25) is 0 Å². The zero-order chi connectivity index (χ0) is 15.6. The van der Waals surface area contributed by atoms with Gasteiger partial charge in [-0.15, -0.1) is 0 Å². The number of rotatable bonds is 10. The van der Waals surface area contributed by atoms with Crippen LogP contribution in [0.4, 0.5) is 0 Å². The molecule has 0 saturated heterocycles. The lowest BCUT2D eigenvalue weighted by atomic mass is 10.00. The third-order valence-corrected chi connectivity index (χ3v) is 4.38. The zero-order valence-corrected chi connectivity index (χ0v) is 14.9. The predicted octanol–water partition coefficient (Wildman–Crippen LogP) is 4.85. The first-order chi connectivity index (χ1) is 10.8. The van der Waals surface area contributed by atoms with E-state index in [2.05, 4.69) is 61.2 Å². The van der Waals surface area contributed by atoms with Crippen molar-refractivity contribution in [2.45, 2.75) is 52.4 Å². The fraction of sp³-hybridized carbons (Fsp3) is 0.524. The highest BCUT2D eigenvalue weighted by Gasteiger charge is 2.03. The lowest BCUT2D eigenvalue weighted by molar-refractivity contribution is 0.268. The van der Waals surface area contributed by atoms with Gasteiger partial charge in [0.15, 0.2) is 0 Å². The van der Waals surface area contributed by atoms with E-state index in [1.807, 2.05) is 0 Å². The Balaban J connectivity index is 0.00000264. The van der Waals surface area contributed by atoms with Gasteiger partial charge in [-0.25, -0.2) is 0 Å². The summed E-state index contributed by atoms with van der Waals surface area (Å²) in [5.41, 5.74) is 1.51. The summed E-state index contributed by atoms with van der Waals surface area (Å²) in [5, 5.41) is 2.81. The molecule has 2 aromatic rings. The van der Waals surface area contributed by atoms with Crippen LogP contribution in [0, 0.1) is 0 Å². The van der Waals surface area contributed by atoms with Gasteiger partial charge in [-0.2, -0.15) is 0 Å². The second-order valence-electron chi connectivity index (χ2n) is 6.29. The van der Waals surface area contributed by atoms with E-state index in [-0.39, 0.29) is 5.48 Å². The van der Waals surface area contributed by atoms with Crippen molar-refractivity contribution in [2.75, 3.05) is 19.6 Å². The Morgan fingerprint density at radius 2 is 1.43 bits per heavy atom. The van der Waals surface area contributed by atoms with Gasteiger partial charge >= 0.3 is 0 Å². The van der Waals surface area contributed by atoms with Crippen LogP contribution in [-0.4, -0.2) is 30.0 Å². The molecule has 2 aromatic carbocycles. The predicted molar refractivity (Wildman–Crippen MR) is 102 cm³/mol. The molecule has 0 atom stereocenters. The van der Waals surface area contributed by atoms with Crippen molar-refractivity contribution in [3.8, 4) is 0 Å². The molecule has 23 heavy (non-hydrogen) atoms. The molecule has 0 spiro atoms. The van der Waals surface area contributed by atoms with Crippen LogP contribution in [0.15, 0.2) is 42.5 Å². The summed E-state index contributed by atoms with van der Waals surface area (Å²) in [6.45, 7) is 8.36. The summed E-state index contributed by atoms with van der Waals surface area (Å²) in [5.74, 6) is 0. The van der Waals surface area contributed by atoms with Crippen molar-refractivity contribution < 1.29 is 5.48 Å². The van der Waals surface area contributed by atoms with E-state index >= 15 is 0 Å². The van der Waals surface area contributed by atoms with Crippen LogP contribution >= 0.6 is 0 Å². The topological polar surface area (TPSA) is 34.7 Å². The number of hydrogen-bond donors (Lipinski definition) is 0. The average molecular weight is 316 g/mol. The number of aryl methyl sites for hydroxylation is 1. The highest BCUT2D eigenvalue weighted by atomic mass is 16.0. The number of unbranched alkanes of at least 4 members (excludes halogenated alkanes) is 2. The molecule has 0 aliphatic carbocycles. The molecule has 0 radical (unpaired) electrons. The molecule has 2 heteroatoms. The van der Waals surface area contributed by atoms with Gasteiger partial charge in [0.05, 0.1) is 0 Å². The first-order valence-corrected chi connectivity index (χ1v) is 9.04. The quantitative estimate of drug-likeness (QED) is 0.577. The fourth-order valence-electron chi connectivity index (χ4n) is 3.31.